The van der Waals surface area contributed by atoms with E-state index in [0.29, 0.717) is 4.21 Å². The number of alkyl halides is 1. The van der Waals surface area contributed by atoms with Crippen molar-refractivity contribution >= 4 is 37.3 Å². The third-order valence-corrected chi connectivity index (χ3v) is 6.64. The molecule has 1 aromatic rings. The van der Waals surface area contributed by atoms with Crippen molar-refractivity contribution < 1.29 is 8.42 Å². The molecule has 19 heavy (non-hydrogen) atoms. The van der Waals surface area contributed by atoms with Gasteiger partial charge in [-0.05, 0) is 30.4 Å². The van der Waals surface area contributed by atoms with Gasteiger partial charge in [-0.1, -0.05) is 43.6 Å². The zero-order valence-corrected chi connectivity index (χ0v) is 15.1. The lowest BCUT2D eigenvalue weighted by Gasteiger charge is -2.30. The lowest BCUT2D eigenvalue weighted by Crippen LogP contribution is -2.43. The van der Waals surface area contributed by atoms with E-state index < -0.39 is 10.0 Å². The van der Waals surface area contributed by atoms with E-state index in [9.17, 15) is 8.42 Å². The van der Waals surface area contributed by atoms with Gasteiger partial charge in [-0.2, -0.15) is 0 Å². The highest BCUT2D eigenvalue weighted by molar-refractivity contribution is 9.09. The molecule has 1 rings (SSSR count). The van der Waals surface area contributed by atoms with Gasteiger partial charge in [-0.3, -0.25) is 0 Å². The third-order valence-electron chi connectivity index (χ3n) is 2.99. The second kappa shape index (κ2) is 6.70. The average Bonchev–Trinajstić information content (AvgIpc) is 2.76. The molecule has 0 amide bonds. The zero-order chi connectivity index (χ0) is 14.7. The number of sulfonamides is 1. The Morgan fingerprint density at radius 1 is 1.37 bits per heavy atom. The highest BCUT2D eigenvalue weighted by atomic mass is 79.9. The summed E-state index contributed by atoms with van der Waals surface area (Å²) < 4.78 is 28.0. The summed E-state index contributed by atoms with van der Waals surface area (Å²) in [6, 6.07) is 3.50. The molecular formula is C13H22BrNO2S2. The Labute approximate surface area is 129 Å². The second-order valence-electron chi connectivity index (χ2n) is 5.59. The first-order valence-electron chi connectivity index (χ1n) is 6.37. The fourth-order valence-corrected chi connectivity index (χ4v) is 4.96. The molecule has 0 aromatic carbocycles. The molecule has 110 valence electrons. The maximum Gasteiger partial charge on any atom is 0.250 e. The van der Waals surface area contributed by atoms with Crippen LogP contribution in [-0.4, -0.2) is 19.8 Å². The summed E-state index contributed by atoms with van der Waals surface area (Å²) >= 11 is 4.74. The average molecular weight is 368 g/mol. The molecule has 0 saturated heterocycles. The van der Waals surface area contributed by atoms with Gasteiger partial charge >= 0.3 is 0 Å². The van der Waals surface area contributed by atoms with Gasteiger partial charge in [0.1, 0.15) is 4.21 Å². The molecule has 3 nitrogen and oxygen atoms in total. The summed E-state index contributed by atoms with van der Waals surface area (Å²) in [6.07, 6.45) is 1.64. The fraction of sp³-hybridized carbons (Fsp3) is 0.692. The van der Waals surface area contributed by atoms with Gasteiger partial charge in [-0.25, -0.2) is 13.1 Å². The topological polar surface area (TPSA) is 46.2 Å². The van der Waals surface area contributed by atoms with Crippen LogP contribution < -0.4 is 4.72 Å². The van der Waals surface area contributed by atoms with Crippen molar-refractivity contribution in [1.29, 1.82) is 0 Å². The fourth-order valence-electron chi connectivity index (χ4n) is 1.72. The number of thiophene rings is 1. The Morgan fingerprint density at radius 3 is 2.42 bits per heavy atom. The Kier molecular flexibility index (Phi) is 6.04. The molecule has 0 spiro atoms. The third kappa shape index (κ3) is 4.85. The first-order chi connectivity index (χ1) is 8.70. The standard InChI is InChI=1S/C13H22BrNO2S2/c1-5-10-6-7-12(18-10)19(16,17)15-11(8-9-14)13(2,3)4/h6-7,11,15H,5,8-9H2,1-4H3. The summed E-state index contributed by atoms with van der Waals surface area (Å²) in [5.41, 5.74) is -0.105. The predicted octanol–water partition coefficient (Wildman–Crippen LogP) is 3.79. The van der Waals surface area contributed by atoms with Crippen LogP contribution in [0.1, 0.15) is 39.0 Å². The molecule has 0 aliphatic carbocycles. The summed E-state index contributed by atoms with van der Waals surface area (Å²) in [4.78, 5) is 1.09. The Bertz CT molecular complexity index is 503. The van der Waals surface area contributed by atoms with E-state index in [-0.39, 0.29) is 11.5 Å². The number of hydrogen-bond acceptors (Lipinski definition) is 3. The van der Waals surface area contributed by atoms with Crippen molar-refractivity contribution in [1.82, 2.24) is 4.72 Å². The normalized spacial score (nSPS) is 14.6. The molecule has 0 aliphatic heterocycles. The largest absolute Gasteiger partial charge is 0.250 e. The molecule has 0 bridgehead atoms. The van der Waals surface area contributed by atoms with Crippen molar-refractivity contribution in [2.45, 2.75) is 50.8 Å². The van der Waals surface area contributed by atoms with Crippen molar-refractivity contribution in [2.75, 3.05) is 5.33 Å². The SMILES string of the molecule is CCc1ccc(S(=O)(=O)NC(CCBr)C(C)(C)C)s1. The monoisotopic (exact) mass is 367 g/mol. The molecule has 0 aliphatic rings. The lowest BCUT2D eigenvalue weighted by molar-refractivity contribution is 0.293. The van der Waals surface area contributed by atoms with Gasteiger partial charge in [0.25, 0.3) is 0 Å². The van der Waals surface area contributed by atoms with Gasteiger partial charge in [0, 0.05) is 16.2 Å². The summed E-state index contributed by atoms with van der Waals surface area (Å²) in [5.74, 6) is 0. The molecular weight excluding hydrogens is 346 g/mol. The highest BCUT2D eigenvalue weighted by Crippen LogP contribution is 2.27. The summed E-state index contributed by atoms with van der Waals surface area (Å²) in [7, 11) is -3.41. The lowest BCUT2D eigenvalue weighted by atomic mass is 9.86. The van der Waals surface area contributed by atoms with E-state index in [1.807, 2.05) is 13.0 Å². The van der Waals surface area contributed by atoms with Crippen molar-refractivity contribution in [2.24, 2.45) is 5.41 Å². The van der Waals surface area contributed by atoms with Crippen molar-refractivity contribution in [3.63, 3.8) is 0 Å². The number of rotatable bonds is 6. The number of aryl methyl sites for hydroxylation is 1. The van der Waals surface area contributed by atoms with Gasteiger partial charge < -0.3 is 0 Å². The first-order valence-corrected chi connectivity index (χ1v) is 9.80. The van der Waals surface area contributed by atoms with Crippen LogP contribution in [0.4, 0.5) is 0 Å². The molecule has 1 aromatic heterocycles. The van der Waals surface area contributed by atoms with Crippen LogP contribution >= 0.6 is 27.3 Å². The van der Waals surface area contributed by atoms with E-state index in [4.69, 9.17) is 0 Å². The van der Waals surface area contributed by atoms with Crippen LogP contribution in [0.5, 0.6) is 0 Å². The van der Waals surface area contributed by atoms with Gasteiger partial charge in [0.15, 0.2) is 0 Å². The Balaban J connectivity index is 2.94. The second-order valence-corrected chi connectivity index (χ2v) is 9.49. The van der Waals surface area contributed by atoms with Gasteiger partial charge in [0.2, 0.25) is 10.0 Å². The smallest absolute Gasteiger partial charge is 0.207 e. The van der Waals surface area contributed by atoms with E-state index in [1.165, 1.54) is 11.3 Å². The summed E-state index contributed by atoms with van der Waals surface area (Å²) in [6.45, 7) is 8.18. The van der Waals surface area contributed by atoms with Crippen LogP contribution in [0.25, 0.3) is 0 Å². The molecule has 0 fully saturated rings. The van der Waals surface area contributed by atoms with Gasteiger partial charge in [0.05, 0.1) is 0 Å². The van der Waals surface area contributed by atoms with E-state index in [0.717, 1.165) is 23.0 Å². The van der Waals surface area contributed by atoms with Crippen molar-refractivity contribution in [3.05, 3.63) is 17.0 Å². The van der Waals surface area contributed by atoms with Crippen molar-refractivity contribution in [3.8, 4) is 0 Å². The molecule has 6 heteroatoms. The first kappa shape index (κ1) is 17.1. The minimum atomic E-state index is -3.41. The molecule has 1 atom stereocenters. The maximum atomic E-state index is 12.4. The molecule has 0 radical (unpaired) electrons. The minimum absolute atomic E-state index is 0.0796. The van der Waals surface area contributed by atoms with Crippen LogP contribution in [0.2, 0.25) is 0 Å². The molecule has 0 saturated carbocycles. The van der Waals surface area contributed by atoms with Crippen LogP contribution in [-0.2, 0) is 16.4 Å². The summed E-state index contributed by atoms with van der Waals surface area (Å²) in [5, 5.41) is 0.780. The molecule has 1 N–H and O–H groups in total. The number of nitrogens with one attached hydrogen (secondary N) is 1. The molecule has 1 heterocycles. The zero-order valence-electron chi connectivity index (χ0n) is 11.9. The van der Waals surface area contributed by atoms with Crippen LogP contribution in [0.3, 0.4) is 0 Å². The van der Waals surface area contributed by atoms with E-state index in [2.05, 4.69) is 41.4 Å². The number of hydrogen-bond donors (Lipinski definition) is 1. The van der Waals surface area contributed by atoms with E-state index >= 15 is 0 Å². The van der Waals surface area contributed by atoms with Gasteiger partial charge in [-0.15, -0.1) is 11.3 Å². The minimum Gasteiger partial charge on any atom is -0.207 e. The highest BCUT2D eigenvalue weighted by Gasteiger charge is 2.29. The van der Waals surface area contributed by atoms with Crippen LogP contribution in [0.15, 0.2) is 16.3 Å². The quantitative estimate of drug-likeness (QED) is 0.777. The Hall–Kier alpha value is 0.0900. The van der Waals surface area contributed by atoms with E-state index in [1.54, 1.807) is 6.07 Å². The number of halogens is 1. The predicted molar refractivity (Wildman–Crippen MR) is 85.7 cm³/mol. The maximum absolute atomic E-state index is 12.4. The molecule has 1 unspecified atom stereocenters. The Morgan fingerprint density at radius 2 is 2.00 bits per heavy atom. The van der Waals surface area contributed by atoms with Crippen LogP contribution in [0, 0.1) is 5.41 Å².